The van der Waals surface area contributed by atoms with Crippen molar-refractivity contribution in [3.05, 3.63) is 48.2 Å². The Kier molecular flexibility index (Phi) is 2.75. The lowest BCUT2D eigenvalue weighted by Crippen LogP contribution is -2.50. The number of fused-ring (bicyclic) bond motifs is 3. The highest BCUT2D eigenvalue weighted by Crippen LogP contribution is 2.48. The lowest BCUT2D eigenvalue weighted by molar-refractivity contribution is -0.127. The molecule has 1 aliphatic heterocycles. The van der Waals surface area contributed by atoms with Crippen LogP contribution in [0.1, 0.15) is 18.4 Å². The van der Waals surface area contributed by atoms with E-state index < -0.39 is 5.41 Å². The van der Waals surface area contributed by atoms with Crippen LogP contribution in [0.5, 0.6) is 0 Å². The number of anilines is 1. The van der Waals surface area contributed by atoms with Crippen LogP contribution in [0.15, 0.2) is 42.6 Å². The number of allylic oxidation sites excluding steroid dienone is 3. The van der Waals surface area contributed by atoms with E-state index in [1.54, 1.807) is 18.2 Å². The van der Waals surface area contributed by atoms with E-state index in [0.29, 0.717) is 5.82 Å². The van der Waals surface area contributed by atoms with Crippen molar-refractivity contribution < 1.29 is 9.53 Å². The summed E-state index contributed by atoms with van der Waals surface area (Å²) in [7, 11) is 1.58. The van der Waals surface area contributed by atoms with E-state index >= 15 is 0 Å². The summed E-state index contributed by atoms with van der Waals surface area (Å²) in [4.78, 5) is 18.7. The molecule has 4 nitrogen and oxygen atoms in total. The fourth-order valence-electron chi connectivity index (χ4n) is 2.88. The normalized spacial score (nSPS) is 28.2. The van der Waals surface area contributed by atoms with Gasteiger partial charge in [0.25, 0.3) is 0 Å². The second-order valence-electron chi connectivity index (χ2n) is 5.07. The molecule has 2 heterocycles. The van der Waals surface area contributed by atoms with Gasteiger partial charge in [0.1, 0.15) is 12.5 Å². The smallest absolute Gasteiger partial charge is 0.240 e. The van der Waals surface area contributed by atoms with Gasteiger partial charge in [-0.2, -0.15) is 0 Å². The topological polar surface area (TPSA) is 42.4 Å². The zero-order chi connectivity index (χ0) is 13.5. The Morgan fingerprint density at radius 2 is 2.32 bits per heavy atom. The molecule has 1 aliphatic carbocycles. The van der Waals surface area contributed by atoms with E-state index in [9.17, 15) is 4.79 Å². The summed E-state index contributed by atoms with van der Waals surface area (Å²) < 4.78 is 5.16. The van der Waals surface area contributed by atoms with E-state index in [2.05, 4.69) is 11.1 Å². The monoisotopic (exact) mass is 256 g/mol. The molecule has 0 aromatic carbocycles. The third-order valence-corrected chi connectivity index (χ3v) is 3.87. The Morgan fingerprint density at radius 1 is 1.47 bits per heavy atom. The van der Waals surface area contributed by atoms with Crippen LogP contribution in [0, 0.1) is 5.41 Å². The third-order valence-electron chi connectivity index (χ3n) is 3.87. The Hall–Kier alpha value is -1.94. The van der Waals surface area contributed by atoms with Gasteiger partial charge in [-0.25, -0.2) is 4.98 Å². The number of hydrogen-bond acceptors (Lipinski definition) is 3. The SMILES string of the molecule is COCN1C(=O)[C@@]2(C)C=CC=C[C@H]2c2cccnc21. The fourth-order valence-corrected chi connectivity index (χ4v) is 2.88. The van der Waals surface area contributed by atoms with Gasteiger partial charge in [0.2, 0.25) is 5.91 Å². The molecule has 2 atom stereocenters. The van der Waals surface area contributed by atoms with Gasteiger partial charge in [0.05, 0.1) is 5.41 Å². The molecule has 4 heteroatoms. The number of aromatic nitrogens is 1. The van der Waals surface area contributed by atoms with Crippen molar-refractivity contribution in [1.29, 1.82) is 0 Å². The number of nitrogens with zero attached hydrogens (tertiary/aromatic N) is 2. The molecule has 0 bridgehead atoms. The predicted molar refractivity (Wildman–Crippen MR) is 72.7 cm³/mol. The van der Waals surface area contributed by atoms with Gasteiger partial charge in [0.15, 0.2) is 0 Å². The molecule has 0 saturated carbocycles. The molecule has 19 heavy (non-hydrogen) atoms. The number of amides is 1. The molecule has 0 radical (unpaired) electrons. The molecule has 2 aliphatic rings. The molecule has 3 rings (SSSR count). The van der Waals surface area contributed by atoms with Crippen LogP contribution in [0.25, 0.3) is 0 Å². The second kappa shape index (κ2) is 4.31. The fraction of sp³-hybridized carbons (Fsp3) is 0.333. The standard InChI is InChI=1S/C15H16N2O2/c1-15-8-4-3-7-12(15)11-6-5-9-16-13(11)17(10-19-2)14(15)18/h3-9,12H,10H2,1-2H3/t12-,15-/m0/s1. The summed E-state index contributed by atoms with van der Waals surface area (Å²) in [6, 6.07) is 3.94. The quantitative estimate of drug-likeness (QED) is 0.815. The first-order valence-electron chi connectivity index (χ1n) is 6.30. The van der Waals surface area contributed by atoms with Gasteiger partial charge in [-0.1, -0.05) is 30.4 Å². The highest BCUT2D eigenvalue weighted by Gasteiger charge is 2.48. The van der Waals surface area contributed by atoms with Gasteiger partial charge in [0, 0.05) is 24.8 Å². The van der Waals surface area contributed by atoms with Crippen molar-refractivity contribution in [3.8, 4) is 0 Å². The third kappa shape index (κ3) is 1.64. The minimum atomic E-state index is -0.552. The molecule has 98 valence electrons. The van der Waals surface area contributed by atoms with Gasteiger partial charge in [-0.3, -0.25) is 9.69 Å². The average molecular weight is 256 g/mol. The van der Waals surface area contributed by atoms with Crippen LogP contribution < -0.4 is 4.90 Å². The molecule has 1 aromatic heterocycles. The van der Waals surface area contributed by atoms with Crippen molar-refractivity contribution in [2.45, 2.75) is 12.8 Å². The zero-order valence-corrected chi connectivity index (χ0v) is 11.0. The summed E-state index contributed by atoms with van der Waals surface area (Å²) in [5, 5.41) is 0. The number of methoxy groups -OCH3 is 1. The van der Waals surface area contributed by atoms with Gasteiger partial charge in [-0.05, 0) is 13.0 Å². The largest absolute Gasteiger partial charge is 0.364 e. The number of pyridine rings is 1. The number of rotatable bonds is 2. The van der Waals surface area contributed by atoms with Crippen LogP contribution in [0.2, 0.25) is 0 Å². The zero-order valence-electron chi connectivity index (χ0n) is 11.0. The molecule has 1 amide bonds. The maximum atomic E-state index is 12.8. The maximum absolute atomic E-state index is 12.8. The number of carbonyl (C=O) groups excluding carboxylic acids is 1. The first-order valence-corrected chi connectivity index (χ1v) is 6.30. The molecular formula is C15H16N2O2. The molecule has 0 unspecified atom stereocenters. The minimum absolute atomic E-state index is 0.0335. The molecular weight excluding hydrogens is 240 g/mol. The summed E-state index contributed by atoms with van der Waals surface area (Å²) in [6.45, 7) is 2.20. The van der Waals surface area contributed by atoms with Crippen molar-refractivity contribution >= 4 is 11.7 Å². The molecule has 0 saturated heterocycles. The van der Waals surface area contributed by atoms with E-state index in [0.717, 1.165) is 5.56 Å². The molecule has 0 fully saturated rings. The molecule has 1 aromatic rings. The average Bonchev–Trinajstić information content (AvgIpc) is 2.44. The summed E-state index contributed by atoms with van der Waals surface area (Å²) in [5.74, 6) is 0.782. The maximum Gasteiger partial charge on any atom is 0.240 e. The second-order valence-corrected chi connectivity index (χ2v) is 5.07. The number of ether oxygens (including phenoxy) is 1. The van der Waals surface area contributed by atoms with E-state index in [4.69, 9.17) is 4.74 Å². The van der Waals surface area contributed by atoms with Gasteiger partial charge in [-0.15, -0.1) is 0 Å². The van der Waals surface area contributed by atoms with Crippen LogP contribution in [0.4, 0.5) is 5.82 Å². The van der Waals surface area contributed by atoms with E-state index in [1.807, 2.05) is 37.3 Å². The van der Waals surface area contributed by atoms with Gasteiger partial charge < -0.3 is 4.74 Å². The Labute approximate surface area is 112 Å². The lowest BCUT2D eigenvalue weighted by atomic mass is 9.68. The molecule has 0 spiro atoms. The lowest BCUT2D eigenvalue weighted by Gasteiger charge is -2.43. The van der Waals surface area contributed by atoms with Crippen LogP contribution >= 0.6 is 0 Å². The van der Waals surface area contributed by atoms with Crippen molar-refractivity contribution in [1.82, 2.24) is 4.98 Å². The Bertz CT molecular complexity index is 579. The highest BCUT2D eigenvalue weighted by molar-refractivity contribution is 6.02. The van der Waals surface area contributed by atoms with Crippen LogP contribution in [-0.2, 0) is 9.53 Å². The van der Waals surface area contributed by atoms with Crippen LogP contribution in [0.3, 0.4) is 0 Å². The number of hydrogen-bond donors (Lipinski definition) is 0. The first-order chi connectivity index (χ1) is 9.18. The Morgan fingerprint density at radius 3 is 3.11 bits per heavy atom. The van der Waals surface area contributed by atoms with Crippen molar-refractivity contribution in [3.63, 3.8) is 0 Å². The van der Waals surface area contributed by atoms with Gasteiger partial charge >= 0.3 is 0 Å². The van der Waals surface area contributed by atoms with Crippen molar-refractivity contribution in [2.75, 3.05) is 18.7 Å². The predicted octanol–water partition coefficient (Wildman–Crippen LogP) is 2.25. The minimum Gasteiger partial charge on any atom is -0.364 e. The molecule has 0 N–H and O–H groups in total. The number of carbonyl (C=O) groups is 1. The van der Waals surface area contributed by atoms with Crippen molar-refractivity contribution in [2.24, 2.45) is 5.41 Å². The first kappa shape index (κ1) is 12.1. The highest BCUT2D eigenvalue weighted by atomic mass is 16.5. The Balaban J connectivity index is 2.19. The summed E-state index contributed by atoms with van der Waals surface area (Å²) >= 11 is 0. The summed E-state index contributed by atoms with van der Waals surface area (Å²) in [6.07, 6.45) is 9.67. The van der Waals surface area contributed by atoms with E-state index in [1.165, 1.54) is 0 Å². The van der Waals surface area contributed by atoms with Crippen LogP contribution in [-0.4, -0.2) is 24.7 Å². The van der Waals surface area contributed by atoms with E-state index in [-0.39, 0.29) is 18.6 Å². The summed E-state index contributed by atoms with van der Waals surface area (Å²) in [5.41, 5.74) is 0.519.